The number of carbonyl (C=O) groups is 1. The van der Waals surface area contributed by atoms with Gasteiger partial charge in [0.25, 0.3) is 5.91 Å². The molecule has 0 unspecified atom stereocenters. The normalized spacial score (nSPS) is 10.4. The number of rotatable bonds is 3. The number of hydrogen-bond donors (Lipinski definition) is 2. The molecule has 0 atom stereocenters. The monoisotopic (exact) mass is 354 g/mol. The van der Waals surface area contributed by atoms with Crippen LogP contribution < -0.4 is 15.8 Å². The van der Waals surface area contributed by atoms with E-state index in [1.54, 1.807) is 13.2 Å². The second-order valence-electron chi connectivity index (χ2n) is 4.38. The zero-order valence-corrected chi connectivity index (χ0v) is 13.8. The van der Waals surface area contributed by atoms with Gasteiger partial charge in [-0.1, -0.05) is 15.9 Å². The summed E-state index contributed by atoms with van der Waals surface area (Å²) in [7, 11) is 1.57. The maximum Gasteiger partial charge on any atom is 0.265 e. The highest BCUT2D eigenvalue weighted by Crippen LogP contribution is 2.33. The molecular weight excluding hydrogens is 340 g/mol. The number of halogens is 1. The van der Waals surface area contributed by atoms with Gasteiger partial charge in [-0.25, -0.2) is 0 Å². The van der Waals surface area contributed by atoms with E-state index in [1.807, 2.05) is 26.0 Å². The van der Waals surface area contributed by atoms with Gasteiger partial charge >= 0.3 is 0 Å². The average molecular weight is 355 g/mol. The summed E-state index contributed by atoms with van der Waals surface area (Å²) in [6.07, 6.45) is 0. The first-order valence-electron chi connectivity index (χ1n) is 5.93. The van der Waals surface area contributed by atoms with E-state index in [4.69, 9.17) is 10.5 Å². The molecule has 2 aromatic rings. The summed E-state index contributed by atoms with van der Waals surface area (Å²) >= 11 is 4.78. The molecule has 1 amide bonds. The van der Waals surface area contributed by atoms with Crippen LogP contribution in [0.15, 0.2) is 22.7 Å². The lowest BCUT2D eigenvalue weighted by Crippen LogP contribution is -2.12. The van der Waals surface area contributed by atoms with E-state index in [2.05, 4.69) is 21.2 Å². The Morgan fingerprint density at radius 2 is 2.05 bits per heavy atom. The molecular formula is C14H15BrN2O2S. The van der Waals surface area contributed by atoms with Crippen molar-refractivity contribution in [2.24, 2.45) is 0 Å². The lowest BCUT2D eigenvalue weighted by molar-refractivity contribution is 0.103. The molecule has 0 fully saturated rings. The molecule has 3 N–H and O–H groups in total. The SMILES string of the molecule is COc1cc(Br)cc(C)c1NC(=O)c1cc(N)c(C)s1. The van der Waals surface area contributed by atoms with Crippen LogP contribution in [0.4, 0.5) is 11.4 Å². The second-order valence-corrected chi connectivity index (χ2v) is 6.55. The molecule has 1 heterocycles. The molecule has 20 heavy (non-hydrogen) atoms. The van der Waals surface area contributed by atoms with Crippen molar-refractivity contribution in [3.63, 3.8) is 0 Å². The predicted molar refractivity (Wildman–Crippen MR) is 86.9 cm³/mol. The number of benzene rings is 1. The Morgan fingerprint density at radius 1 is 1.35 bits per heavy atom. The van der Waals surface area contributed by atoms with E-state index in [9.17, 15) is 4.79 Å². The van der Waals surface area contributed by atoms with Crippen molar-refractivity contribution in [1.29, 1.82) is 0 Å². The molecule has 0 saturated carbocycles. The summed E-state index contributed by atoms with van der Waals surface area (Å²) in [5.74, 6) is 0.435. The van der Waals surface area contributed by atoms with Crippen molar-refractivity contribution in [2.75, 3.05) is 18.2 Å². The van der Waals surface area contributed by atoms with Gasteiger partial charge in [-0.2, -0.15) is 0 Å². The van der Waals surface area contributed by atoms with Crippen molar-refractivity contribution in [2.45, 2.75) is 13.8 Å². The van der Waals surface area contributed by atoms with E-state index in [1.165, 1.54) is 11.3 Å². The minimum absolute atomic E-state index is 0.182. The number of carbonyl (C=O) groups excluding carboxylic acids is 1. The number of thiophene rings is 1. The highest BCUT2D eigenvalue weighted by atomic mass is 79.9. The van der Waals surface area contributed by atoms with Crippen LogP contribution in [0.25, 0.3) is 0 Å². The standard InChI is InChI=1S/C14H15BrN2O2S/c1-7-4-9(15)5-11(19-3)13(7)17-14(18)12-6-10(16)8(2)20-12/h4-6H,16H2,1-3H3,(H,17,18). The zero-order chi connectivity index (χ0) is 14.9. The predicted octanol–water partition coefficient (Wildman–Crippen LogP) is 3.97. The maximum atomic E-state index is 12.3. The van der Waals surface area contributed by atoms with Crippen molar-refractivity contribution < 1.29 is 9.53 Å². The second kappa shape index (κ2) is 5.85. The third-order valence-corrected chi connectivity index (χ3v) is 4.43. The number of methoxy groups -OCH3 is 1. The molecule has 0 spiro atoms. The van der Waals surface area contributed by atoms with Crippen LogP contribution in [0.2, 0.25) is 0 Å². The Morgan fingerprint density at radius 3 is 2.60 bits per heavy atom. The molecule has 0 radical (unpaired) electrons. The topological polar surface area (TPSA) is 64.3 Å². The van der Waals surface area contributed by atoms with Crippen molar-refractivity contribution in [3.05, 3.63) is 38.0 Å². The smallest absolute Gasteiger partial charge is 0.265 e. The molecule has 0 saturated heterocycles. The average Bonchev–Trinajstić information content (AvgIpc) is 2.72. The quantitative estimate of drug-likeness (QED) is 0.876. The van der Waals surface area contributed by atoms with E-state index >= 15 is 0 Å². The van der Waals surface area contributed by atoms with Crippen LogP contribution in [-0.4, -0.2) is 13.0 Å². The van der Waals surface area contributed by atoms with Crippen molar-refractivity contribution in [1.82, 2.24) is 0 Å². The Kier molecular flexibility index (Phi) is 4.35. The van der Waals surface area contributed by atoms with E-state index in [-0.39, 0.29) is 5.91 Å². The third-order valence-electron chi connectivity index (χ3n) is 2.90. The van der Waals surface area contributed by atoms with Crippen molar-refractivity contribution >= 4 is 44.5 Å². The third kappa shape index (κ3) is 2.96. The molecule has 0 aliphatic heterocycles. The first-order valence-corrected chi connectivity index (χ1v) is 7.54. The Labute approximate surface area is 130 Å². The summed E-state index contributed by atoms with van der Waals surface area (Å²) in [4.78, 5) is 13.8. The summed E-state index contributed by atoms with van der Waals surface area (Å²) in [5.41, 5.74) is 8.01. The minimum atomic E-state index is -0.182. The van der Waals surface area contributed by atoms with Crippen molar-refractivity contribution in [3.8, 4) is 5.75 Å². The summed E-state index contributed by atoms with van der Waals surface area (Å²) < 4.78 is 6.21. The number of anilines is 2. The molecule has 0 aliphatic carbocycles. The number of nitrogen functional groups attached to an aromatic ring is 1. The Bertz CT molecular complexity index is 648. The lowest BCUT2D eigenvalue weighted by atomic mass is 10.2. The van der Waals surface area contributed by atoms with Crippen LogP contribution in [0, 0.1) is 13.8 Å². The maximum absolute atomic E-state index is 12.3. The van der Waals surface area contributed by atoms with Gasteiger partial charge < -0.3 is 15.8 Å². The number of hydrogen-bond acceptors (Lipinski definition) is 4. The van der Waals surface area contributed by atoms with Crippen LogP contribution in [0.3, 0.4) is 0 Å². The lowest BCUT2D eigenvalue weighted by Gasteiger charge is -2.13. The van der Waals surface area contributed by atoms with E-state index in [0.29, 0.717) is 22.0 Å². The summed E-state index contributed by atoms with van der Waals surface area (Å²) in [6, 6.07) is 5.43. The van der Waals surface area contributed by atoms with Gasteiger partial charge in [0.1, 0.15) is 5.75 Å². The molecule has 0 aliphatic rings. The largest absolute Gasteiger partial charge is 0.495 e. The Hall–Kier alpha value is -1.53. The molecule has 0 bridgehead atoms. The van der Waals surface area contributed by atoms with Gasteiger partial charge in [-0.05, 0) is 37.6 Å². The summed E-state index contributed by atoms with van der Waals surface area (Å²) in [6.45, 7) is 3.80. The molecule has 2 rings (SSSR count). The number of ether oxygens (including phenoxy) is 1. The van der Waals surface area contributed by atoms with Crippen LogP contribution in [-0.2, 0) is 0 Å². The molecule has 6 heteroatoms. The first kappa shape index (κ1) is 14.9. The highest BCUT2D eigenvalue weighted by molar-refractivity contribution is 9.10. The molecule has 1 aromatic carbocycles. The van der Waals surface area contributed by atoms with Gasteiger partial charge in [0.05, 0.1) is 17.7 Å². The van der Waals surface area contributed by atoms with Gasteiger partial charge in [0.15, 0.2) is 0 Å². The van der Waals surface area contributed by atoms with Crippen LogP contribution in [0.5, 0.6) is 5.75 Å². The molecule has 106 valence electrons. The fourth-order valence-corrected chi connectivity index (χ4v) is 3.20. The Balaban J connectivity index is 2.32. The van der Waals surface area contributed by atoms with Crippen LogP contribution >= 0.6 is 27.3 Å². The van der Waals surface area contributed by atoms with Gasteiger partial charge in [0, 0.05) is 15.0 Å². The number of nitrogens with two attached hydrogens (primary N) is 1. The van der Waals surface area contributed by atoms with Gasteiger partial charge in [-0.15, -0.1) is 11.3 Å². The van der Waals surface area contributed by atoms with Gasteiger partial charge in [-0.3, -0.25) is 4.79 Å². The summed E-state index contributed by atoms with van der Waals surface area (Å²) in [5, 5.41) is 2.88. The van der Waals surface area contributed by atoms with Gasteiger partial charge in [0.2, 0.25) is 0 Å². The fourth-order valence-electron chi connectivity index (χ4n) is 1.82. The highest BCUT2D eigenvalue weighted by Gasteiger charge is 2.15. The van der Waals surface area contributed by atoms with Crippen LogP contribution in [0.1, 0.15) is 20.1 Å². The minimum Gasteiger partial charge on any atom is -0.495 e. The van der Waals surface area contributed by atoms with E-state index in [0.717, 1.165) is 14.9 Å². The molecule has 4 nitrogen and oxygen atoms in total. The zero-order valence-electron chi connectivity index (χ0n) is 11.4. The first-order chi connectivity index (χ1) is 9.42. The number of amides is 1. The number of nitrogens with one attached hydrogen (secondary N) is 1. The number of aryl methyl sites for hydroxylation is 2. The fraction of sp³-hybridized carbons (Fsp3) is 0.214. The molecule has 1 aromatic heterocycles. The van der Waals surface area contributed by atoms with E-state index < -0.39 is 0 Å².